The number of nitrogens with one attached hydrogen (secondary N) is 1. The van der Waals surface area contributed by atoms with Gasteiger partial charge in [0.1, 0.15) is 0 Å². The first kappa shape index (κ1) is 23.9. The Balaban J connectivity index is 1.40. The molecule has 2 heterocycles. The Morgan fingerprint density at radius 2 is 1.38 bits per heavy atom. The summed E-state index contributed by atoms with van der Waals surface area (Å²) in [4.78, 5) is 42.7. The van der Waals surface area contributed by atoms with Crippen LogP contribution in [0.25, 0.3) is 11.0 Å². The van der Waals surface area contributed by atoms with Crippen LogP contribution in [-0.4, -0.2) is 70.7 Å². The second kappa shape index (κ2) is 10.8. The quantitative estimate of drug-likeness (QED) is 0.514. The van der Waals surface area contributed by atoms with Crippen LogP contribution in [0.4, 0.5) is 0 Å². The van der Waals surface area contributed by atoms with E-state index in [1.807, 2.05) is 43.3 Å². The zero-order valence-electron chi connectivity index (χ0n) is 20.0. The van der Waals surface area contributed by atoms with E-state index in [1.54, 1.807) is 12.1 Å². The van der Waals surface area contributed by atoms with E-state index < -0.39 is 11.1 Å². The van der Waals surface area contributed by atoms with E-state index >= 15 is 0 Å². The number of piperazine rings is 1. The molecule has 1 amide bonds. The van der Waals surface area contributed by atoms with Gasteiger partial charge in [0.05, 0.1) is 17.6 Å². The van der Waals surface area contributed by atoms with E-state index in [2.05, 4.69) is 22.0 Å². The van der Waals surface area contributed by atoms with Crippen LogP contribution < -0.4 is 16.4 Å². The van der Waals surface area contributed by atoms with Crippen LogP contribution in [0.1, 0.15) is 29.8 Å². The van der Waals surface area contributed by atoms with Crippen molar-refractivity contribution in [2.45, 2.75) is 26.9 Å². The number of rotatable bonds is 8. The van der Waals surface area contributed by atoms with Crippen LogP contribution in [0.5, 0.6) is 0 Å². The van der Waals surface area contributed by atoms with Crippen LogP contribution in [0.2, 0.25) is 0 Å². The fraction of sp³-hybridized carbons (Fsp3) is 0.423. The molecule has 1 N–H and O–H groups in total. The molecule has 3 aromatic rings. The number of hydrogen-bond acceptors (Lipinski definition) is 5. The number of hydrogen-bond donors (Lipinski definition) is 1. The Morgan fingerprint density at radius 3 is 2.00 bits per heavy atom. The third-order valence-electron chi connectivity index (χ3n) is 6.64. The van der Waals surface area contributed by atoms with Gasteiger partial charge in [-0.05, 0) is 43.3 Å². The second-order valence-electron chi connectivity index (χ2n) is 8.66. The highest BCUT2D eigenvalue weighted by Gasteiger charge is 2.16. The monoisotopic (exact) mass is 463 g/mol. The van der Waals surface area contributed by atoms with E-state index in [-0.39, 0.29) is 12.5 Å². The summed E-state index contributed by atoms with van der Waals surface area (Å²) in [6.45, 7) is 11.5. The minimum absolute atomic E-state index is 0.105. The Kier molecular flexibility index (Phi) is 7.59. The molecule has 8 nitrogen and oxygen atoms in total. The normalized spacial score (nSPS) is 15.0. The fourth-order valence-corrected chi connectivity index (χ4v) is 4.54. The minimum atomic E-state index is -0.540. The topological polar surface area (TPSA) is 79.6 Å². The largest absolute Gasteiger partial charge is 0.351 e. The first-order chi connectivity index (χ1) is 16.5. The van der Waals surface area contributed by atoms with Gasteiger partial charge in [0.25, 0.3) is 5.91 Å². The van der Waals surface area contributed by atoms with Crippen molar-refractivity contribution >= 4 is 16.9 Å². The first-order valence-corrected chi connectivity index (χ1v) is 12.1. The smallest absolute Gasteiger partial charge is 0.317 e. The molecule has 0 unspecified atom stereocenters. The summed E-state index contributed by atoms with van der Waals surface area (Å²) in [5.74, 6) is -0.105. The molecular weight excluding hydrogens is 430 g/mol. The number of fused-ring (bicyclic) bond motifs is 1. The standard InChI is InChI=1S/C26H33N5O3/c1-3-28-15-17-29(18-16-28)14-13-27-24(32)21-11-9-20(10-12-21)19-31-23-8-6-5-7-22(23)30(4-2)25(33)26(31)34/h5-12H,3-4,13-19H2,1-2H3,(H,27,32). The predicted octanol–water partition coefficient (Wildman–Crippen LogP) is 1.60. The van der Waals surface area contributed by atoms with Gasteiger partial charge in [-0.15, -0.1) is 0 Å². The van der Waals surface area contributed by atoms with Crippen LogP contribution in [0.15, 0.2) is 58.1 Å². The molecule has 0 atom stereocenters. The van der Waals surface area contributed by atoms with E-state index in [4.69, 9.17) is 0 Å². The number of amides is 1. The number of carbonyl (C=O) groups excluding carboxylic acids is 1. The summed E-state index contributed by atoms with van der Waals surface area (Å²) in [7, 11) is 0. The molecule has 1 aromatic heterocycles. The highest BCUT2D eigenvalue weighted by molar-refractivity contribution is 5.94. The number of benzene rings is 2. The lowest BCUT2D eigenvalue weighted by Gasteiger charge is -2.33. The van der Waals surface area contributed by atoms with Crippen molar-refractivity contribution in [2.75, 3.05) is 45.8 Å². The van der Waals surface area contributed by atoms with Gasteiger partial charge in [-0.1, -0.05) is 31.2 Å². The highest BCUT2D eigenvalue weighted by atomic mass is 16.2. The van der Waals surface area contributed by atoms with Crippen molar-refractivity contribution in [3.8, 4) is 0 Å². The van der Waals surface area contributed by atoms with Gasteiger partial charge >= 0.3 is 11.1 Å². The van der Waals surface area contributed by atoms with Crippen LogP contribution in [-0.2, 0) is 13.1 Å². The summed E-state index contributed by atoms with van der Waals surface area (Å²) in [5.41, 5.74) is 1.83. The van der Waals surface area contributed by atoms with Gasteiger partial charge in [-0.25, -0.2) is 0 Å². The number of carbonyl (C=O) groups is 1. The molecule has 180 valence electrons. The third kappa shape index (κ3) is 5.13. The molecule has 0 spiro atoms. The molecule has 0 radical (unpaired) electrons. The molecule has 8 heteroatoms. The summed E-state index contributed by atoms with van der Waals surface area (Å²) in [5, 5.41) is 3.00. The summed E-state index contributed by atoms with van der Waals surface area (Å²) < 4.78 is 3.02. The lowest BCUT2D eigenvalue weighted by Crippen LogP contribution is -2.48. The number of aryl methyl sites for hydroxylation is 1. The Bertz CT molecular complexity index is 1250. The maximum Gasteiger partial charge on any atom is 0.317 e. The average molecular weight is 464 g/mol. The van der Waals surface area contributed by atoms with Gasteiger partial charge in [0.2, 0.25) is 0 Å². The molecule has 4 rings (SSSR count). The van der Waals surface area contributed by atoms with E-state index in [9.17, 15) is 14.4 Å². The molecule has 1 saturated heterocycles. The fourth-order valence-electron chi connectivity index (χ4n) is 4.54. The molecule has 0 aliphatic carbocycles. The number of aromatic nitrogens is 2. The Labute approximate surface area is 199 Å². The highest BCUT2D eigenvalue weighted by Crippen LogP contribution is 2.13. The second-order valence-corrected chi connectivity index (χ2v) is 8.66. The predicted molar refractivity (Wildman–Crippen MR) is 135 cm³/mol. The number of likely N-dealkylation sites (N-methyl/N-ethyl adjacent to an activating group) is 1. The molecule has 2 aromatic carbocycles. The molecule has 0 bridgehead atoms. The van der Waals surface area contributed by atoms with Crippen molar-refractivity contribution < 1.29 is 4.79 Å². The zero-order chi connectivity index (χ0) is 24.1. The summed E-state index contributed by atoms with van der Waals surface area (Å²) >= 11 is 0. The first-order valence-electron chi connectivity index (χ1n) is 12.1. The van der Waals surface area contributed by atoms with E-state index in [1.165, 1.54) is 9.13 Å². The average Bonchev–Trinajstić information content (AvgIpc) is 2.88. The maximum atomic E-state index is 12.8. The van der Waals surface area contributed by atoms with Gasteiger partial charge in [0, 0.05) is 51.4 Å². The minimum Gasteiger partial charge on any atom is -0.351 e. The number of para-hydroxylation sites is 2. The Hall–Kier alpha value is -3.23. The van der Waals surface area contributed by atoms with Crippen LogP contribution >= 0.6 is 0 Å². The molecule has 1 aliphatic rings. The van der Waals surface area contributed by atoms with Crippen molar-refractivity contribution in [2.24, 2.45) is 0 Å². The van der Waals surface area contributed by atoms with Crippen molar-refractivity contribution in [3.05, 3.63) is 80.4 Å². The lowest BCUT2D eigenvalue weighted by atomic mass is 10.1. The van der Waals surface area contributed by atoms with E-state index in [0.29, 0.717) is 18.7 Å². The van der Waals surface area contributed by atoms with Gasteiger partial charge in [-0.3, -0.25) is 23.9 Å². The molecule has 34 heavy (non-hydrogen) atoms. The van der Waals surface area contributed by atoms with Crippen molar-refractivity contribution in [1.29, 1.82) is 0 Å². The molecule has 1 aliphatic heterocycles. The lowest BCUT2D eigenvalue weighted by molar-refractivity contribution is 0.0938. The van der Waals surface area contributed by atoms with Crippen LogP contribution in [0, 0.1) is 0 Å². The molecule has 0 saturated carbocycles. The zero-order valence-corrected chi connectivity index (χ0v) is 20.0. The molecule has 1 fully saturated rings. The number of nitrogens with zero attached hydrogens (tertiary/aromatic N) is 4. The van der Waals surface area contributed by atoms with E-state index in [0.717, 1.165) is 55.9 Å². The van der Waals surface area contributed by atoms with Crippen molar-refractivity contribution in [1.82, 2.24) is 24.3 Å². The van der Waals surface area contributed by atoms with Crippen molar-refractivity contribution in [3.63, 3.8) is 0 Å². The van der Waals surface area contributed by atoms with Gasteiger partial charge < -0.3 is 14.8 Å². The Morgan fingerprint density at radius 1 is 0.794 bits per heavy atom. The maximum absolute atomic E-state index is 12.8. The SMILES string of the molecule is CCN1CCN(CCNC(=O)c2ccc(Cn3c(=O)c(=O)n(CC)c4ccccc43)cc2)CC1. The van der Waals surface area contributed by atoms with Gasteiger partial charge in [0.15, 0.2) is 0 Å². The molecular formula is C26H33N5O3. The van der Waals surface area contributed by atoms with Crippen LogP contribution in [0.3, 0.4) is 0 Å². The summed E-state index contributed by atoms with van der Waals surface area (Å²) in [6.07, 6.45) is 0. The third-order valence-corrected chi connectivity index (χ3v) is 6.64. The summed E-state index contributed by atoms with van der Waals surface area (Å²) in [6, 6.07) is 14.6. The van der Waals surface area contributed by atoms with Gasteiger partial charge in [-0.2, -0.15) is 0 Å².